The minimum absolute atomic E-state index is 0.248. The third-order valence-corrected chi connectivity index (χ3v) is 10.1. The zero-order valence-electron chi connectivity index (χ0n) is 28.1. The van der Waals surface area contributed by atoms with E-state index < -0.39 is 0 Å². The van der Waals surface area contributed by atoms with Gasteiger partial charge in [-0.15, -0.1) is 0 Å². The second kappa shape index (κ2) is 11.7. The van der Waals surface area contributed by atoms with Crippen molar-refractivity contribution in [2.24, 2.45) is 9.98 Å². The number of hydrogen-bond acceptors (Lipinski definition) is 3. The second-order valence-electron chi connectivity index (χ2n) is 13.1. The highest BCUT2D eigenvalue weighted by Crippen LogP contribution is 2.37. The molecule has 0 fully saturated rings. The number of fused-ring (bicyclic) bond motifs is 6. The van der Waals surface area contributed by atoms with Gasteiger partial charge in [0.1, 0.15) is 12.0 Å². The van der Waals surface area contributed by atoms with Crippen LogP contribution in [0.2, 0.25) is 0 Å². The molecule has 1 atom stereocenters. The van der Waals surface area contributed by atoms with Crippen LogP contribution in [0.15, 0.2) is 186 Å². The molecule has 5 heteroatoms. The Bertz CT molecular complexity index is 2580. The summed E-state index contributed by atoms with van der Waals surface area (Å²) in [4.78, 5) is 12.8. The van der Waals surface area contributed by atoms with Gasteiger partial charge in [0, 0.05) is 51.1 Å². The molecular formula is C46H33N5. The highest BCUT2D eigenvalue weighted by Gasteiger charge is 2.28. The lowest BCUT2D eigenvalue weighted by atomic mass is 10.1. The first kappa shape index (κ1) is 29.2. The first-order valence-corrected chi connectivity index (χ1v) is 17.4. The van der Waals surface area contributed by atoms with Gasteiger partial charge in [0.2, 0.25) is 0 Å². The quantitative estimate of drug-likeness (QED) is 0.182. The molecular weight excluding hydrogens is 623 g/mol. The first-order valence-electron chi connectivity index (χ1n) is 17.4. The number of hydrogen-bond donors (Lipinski definition) is 0. The molecule has 0 saturated heterocycles. The van der Waals surface area contributed by atoms with Crippen LogP contribution in [0.25, 0.3) is 55.0 Å². The average Bonchev–Trinajstić information content (AvgIpc) is 3.72. The van der Waals surface area contributed by atoms with Crippen molar-refractivity contribution in [2.75, 3.05) is 7.05 Å². The smallest absolute Gasteiger partial charge is 0.159 e. The van der Waals surface area contributed by atoms with E-state index >= 15 is 0 Å². The topological polar surface area (TPSA) is 37.8 Å². The Morgan fingerprint density at radius 2 is 0.843 bits per heavy atom. The van der Waals surface area contributed by atoms with E-state index in [1.165, 1.54) is 21.5 Å². The number of aromatic nitrogens is 2. The Morgan fingerprint density at radius 1 is 0.431 bits per heavy atom. The monoisotopic (exact) mass is 655 g/mol. The average molecular weight is 656 g/mol. The van der Waals surface area contributed by atoms with E-state index in [2.05, 4.69) is 179 Å². The summed E-state index contributed by atoms with van der Waals surface area (Å²) in [6.45, 7) is 0. The van der Waals surface area contributed by atoms with E-state index in [4.69, 9.17) is 9.98 Å². The van der Waals surface area contributed by atoms with Crippen molar-refractivity contribution >= 4 is 55.3 Å². The molecule has 1 unspecified atom stereocenters. The van der Waals surface area contributed by atoms with Gasteiger partial charge >= 0.3 is 0 Å². The van der Waals surface area contributed by atoms with Gasteiger partial charge in [-0.1, -0.05) is 133 Å². The van der Waals surface area contributed by atoms with Gasteiger partial charge in [0.15, 0.2) is 5.84 Å². The summed E-state index contributed by atoms with van der Waals surface area (Å²) in [5, 5.41) is 4.91. The van der Waals surface area contributed by atoms with Gasteiger partial charge in [0.05, 0.1) is 22.1 Å². The lowest BCUT2D eigenvalue weighted by molar-refractivity contribution is 0.383. The van der Waals surface area contributed by atoms with Crippen LogP contribution < -0.4 is 0 Å². The van der Waals surface area contributed by atoms with Gasteiger partial charge in [-0.3, -0.25) is 0 Å². The number of benzene rings is 7. The van der Waals surface area contributed by atoms with Crippen LogP contribution in [0.5, 0.6) is 0 Å². The van der Waals surface area contributed by atoms with Gasteiger partial charge in [-0.2, -0.15) is 0 Å². The lowest BCUT2D eigenvalue weighted by Crippen LogP contribution is -2.35. The Labute approximate surface area is 295 Å². The van der Waals surface area contributed by atoms with Gasteiger partial charge in [-0.05, 0) is 48.0 Å². The second-order valence-corrected chi connectivity index (χ2v) is 13.1. The van der Waals surface area contributed by atoms with Crippen LogP contribution in [-0.4, -0.2) is 32.8 Å². The van der Waals surface area contributed by atoms with E-state index in [1.807, 2.05) is 18.2 Å². The van der Waals surface area contributed by atoms with Crippen molar-refractivity contribution in [2.45, 2.75) is 6.17 Å². The molecule has 10 rings (SSSR count). The predicted octanol–water partition coefficient (Wildman–Crippen LogP) is 10.7. The molecule has 1 aliphatic rings. The third-order valence-electron chi connectivity index (χ3n) is 10.1. The fourth-order valence-electron chi connectivity index (χ4n) is 7.83. The molecule has 0 aliphatic carbocycles. The summed E-state index contributed by atoms with van der Waals surface area (Å²) in [5.41, 5.74) is 9.91. The summed E-state index contributed by atoms with van der Waals surface area (Å²) in [7, 11) is 2.11. The predicted molar refractivity (Wildman–Crippen MR) is 212 cm³/mol. The molecule has 0 N–H and O–H groups in total. The van der Waals surface area contributed by atoms with E-state index in [0.29, 0.717) is 0 Å². The third kappa shape index (κ3) is 4.70. The van der Waals surface area contributed by atoms with Crippen LogP contribution >= 0.6 is 0 Å². The van der Waals surface area contributed by atoms with Crippen LogP contribution in [0.4, 0.5) is 0 Å². The van der Waals surface area contributed by atoms with Crippen molar-refractivity contribution < 1.29 is 0 Å². The lowest BCUT2D eigenvalue weighted by Gasteiger charge is -2.33. The highest BCUT2D eigenvalue weighted by atomic mass is 15.3. The summed E-state index contributed by atoms with van der Waals surface area (Å²) < 4.78 is 4.80. The molecule has 51 heavy (non-hydrogen) atoms. The van der Waals surface area contributed by atoms with Crippen LogP contribution in [0, 0.1) is 0 Å². The molecule has 9 aromatic rings. The summed E-state index contributed by atoms with van der Waals surface area (Å²) in [6.07, 6.45) is -0.248. The van der Waals surface area contributed by atoms with Crippen molar-refractivity contribution in [1.29, 1.82) is 0 Å². The normalized spacial score (nSPS) is 14.8. The Hall–Kier alpha value is -6.72. The van der Waals surface area contributed by atoms with Gasteiger partial charge < -0.3 is 14.0 Å². The van der Waals surface area contributed by atoms with Crippen molar-refractivity contribution in [1.82, 2.24) is 14.0 Å². The van der Waals surface area contributed by atoms with E-state index in [9.17, 15) is 0 Å². The Kier molecular flexibility index (Phi) is 6.71. The molecule has 0 radical (unpaired) electrons. The largest absolute Gasteiger partial charge is 0.333 e. The van der Waals surface area contributed by atoms with E-state index in [0.717, 1.165) is 61.8 Å². The highest BCUT2D eigenvalue weighted by molar-refractivity contribution is 6.14. The van der Waals surface area contributed by atoms with Crippen LogP contribution in [-0.2, 0) is 0 Å². The van der Waals surface area contributed by atoms with Gasteiger partial charge in [0.25, 0.3) is 0 Å². The number of rotatable bonds is 5. The van der Waals surface area contributed by atoms with Crippen molar-refractivity contribution in [3.05, 3.63) is 193 Å². The molecule has 0 spiro atoms. The molecule has 7 aromatic carbocycles. The number of amidine groups is 2. The maximum Gasteiger partial charge on any atom is 0.159 e. The summed E-state index contributed by atoms with van der Waals surface area (Å²) in [6, 6.07) is 62.5. The van der Waals surface area contributed by atoms with E-state index in [-0.39, 0.29) is 6.17 Å². The minimum atomic E-state index is -0.248. The molecule has 0 saturated carbocycles. The molecule has 3 heterocycles. The van der Waals surface area contributed by atoms with Gasteiger partial charge in [-0.25, -0.2) is 9.98 Å². The number of nitrogens with zero attached hydrogens (tertiary/aromatic N) is 5. The molecule has 242 valence electrons. The van der Waals surface area contributed by atoms with Crippen molar-refractivity contribution in [3.8, 4) is 11.4 Å². The van der Waals surface area contributed by atoms with Crippen LogP contribution in [0.3, 0.4) is 0 Å². The van der Waals surface area contributed by atoms with Crippen LogP contribution in [0.1, 0.15) is 22.9 Å². The maximum absolute atomic E-state index is 5.35. The molecule has 2 aromatic heterocycles. The zero-order valence-corrected chi connectivity index (χ0v) is 28.1. The Morgan fingerprint density at radius 3 is 1.31 bits per heavy atom. The molecule has 0 amide bonds. The zero-order chi connectivity index (χ0) is 33.9. The minimum Gasteiger partial charge on any atom is -0.333 e. The standard InChI is InChI=1S/C46H33N5/c1-49-45(32-18-6-3-7-19-32)47-44(31-16-4-2-5-17-31)48-46(49)33-28-34(50-40-24-12-8-20-36(40)37-21-9-13-25-41(37)50)30-35(29-33)51-42-26-14-10-22-38(42)39-23-11-15-27-43(39)51/h2-30,45H,1H3. The van der Waals surface area contributed by atoms with E-state index in [1.54, 1.807) is 0 Å². The fraction of sp³-hybridized carbons (Fsp3) is 0.0435. The number of aliphatic imine (C=N–C) groups is 2. The maximum atomic E-state index is 5.35. The number of para-hydroxylation sites is 4. The summed E-state index contributed by atoms with van der Waals surface area (Å²) >= 11 is 0. The SMILES string of the molecule is CN1C(c2cc(-n3c4ccccc4c4ccccc43)cc(-n3c4ccccc4c4ccccc43)c2)=NC(c2ccccc2)=NC1c1ccccc1. The molecule has 1 aliphatic heterocycles. The van der Waals surface area contributed by atoms with Crippen molar-refractivity contribution in [3.63, 3.8) is 0 Å². The molecule has 0 bridgehead atoms. The fourth-order valence-corrected chi connectivity index (χ4v) is 7.83. The summed E-state index contributed by atoms with van der Waals surface area (Å²) in [5.74, 6) is 1.58. The first-order chi connectivity index (χ1) is 25.2. The Balaban J connectivity index is 1.29. The molecule has 5 nitrogen and oxygen atoms in total.